The van der Waals surface area contributed by atoms with Gasteiger partial charge in [-0.3, -0.25) is 0 Å². The molecule has 0 aliphatic heterocycles. The number of esters is 1. The third-order valence-electron chi connectivity index (χ3n) is 6.36. The van der Waals surface area contributed by atoms with E-state index in [1.807, 2.05) is 37.3 Å². The minimum absolute atomic E-state index is 0.299. The van der Waals surface area contributed by atoms with Gasteiger partial charge >= 0.3 is 5.97 Å². The Kier molecular flexibility index (Phi) is 8.53. The van der Waals surface area contributed by atoms with Crippen molar-refractivity contribution in [3.8, 4) is 16.9 Å². The van der Waals surface area contributed by atoms with Crippen molar-refractivity contribution in [2.45, 2.75) is 51.6 Å². The Labute approximate surface area is 191 Å². The van der Waals surface area contributed by atoms with Crippen LogP contribution >= 0.6 is 0 Å². The number of carbonyl (C=O) groups excluding carboxylic acids is 1. The van der Waals surface area contributed by atoms with Gasteiger partial charge in [0.2, 0.25) is 0 Å². The molecule has 2 aromatic rings. The summed E-state index contributed by atoms with van der Waals surface area (Å²) in [4.78, 5) is 15.0. The van der Waals surface area contributed by atoms with Crippen molar-refractivity contribution >= 4 is 11.7 Å². The maximum absolute atomic E-state index is 12.6. The summed E-state index contributed by atoms with van der Waals surface area (Å²) in [6, 6.07) is 12.8. The Morgan fingerprint density at radius 2 is 1.72 bits per heavy atom. The average Bonchev–Trinajstić information content (AvgIpc) is 2.82. The zero-order valence-corrected chi connectivity index (χ0v) is 19.7. The fourth-order valence-corrected chi connectivity index (χ4v) is 4.51. The van der Waals surface area contributed by atoms with Gasteiger partial charge in [-0.2, -0.15) is 0 Å². The average molecular weight is 441 g/mol. The van der Waals surface area contributed by atoms with Crippen molar-refractivity contribution in [2.24, 2.45) is 5.73 Å². The molecule has 2 aromatic carbocycles. The van der Waals surface area contributed by atoms with Crippen molar-refractivity contribution in [1.82, 2.24) is 0 Å². The molecule has 0 atom stereocenters. The Hall–Kier alpha value is -2.57. The van der Waals surface area contributed by atoms with Crippen LogP contribution in [0.4, 0.5) is 5.69 Å². The molecular formula is C26H36N2O4. The molecule has 0 bridgehead atoms. The molecule has 6 heteroatoms. The van der Waals surface area contributed by atoms with Crippen molar-refractivity contribution in [3.63, 3.8) is 0 Å². The second kappa shape index (κ2) is 11.3. The van der Waals surface area contributed by atoms with E-state index in [0.717, 1.165) is 60.4 Å². The van der Waals surface area contributed by atoms with Crippen LogP contribution in [0.2, 0.25) is 0 Å². The van der Waals surface area contributed by atoms with E-state index >= 15 is 0 Å². The molecule has 0 amide bonds. The van der Waals surface area contributed by atoms with E-state index in [0.29, 0.717) is 30.9 Å². The molecule has 0 aromatic heterocycles. The SMILES string of the molecule is CCN(c1cc(-c2ccc(OCCOC)cc2)cc(C(=O)OC)c1C)[C@H]1CC[C@H](N)CC1. The smallest absolute Gasteiger partial charge is 0.338 e. The van der Waals surface area contributed by atoms with Crippen LogP contribution in [-0.2, 0) is 9.47 Å². The van der Waals surface area contributed by atoms with Crippen LogP contribution < -0.4 is 15.4 Å². The van der Waals surface area contributed by atoms with Gasteiger partial charge in [0, 0.05) is 31.4 Å². The molecule has 174 valence electrons. The van der Waals surface area contributed by atoms with Crippen LogP contribution in [-0.4, -0.2) is 52.0 Å². The zero-order chi connectivity index (χ0) is 23.1. The maximum Gasteiger partial charge on any atom is 0.338 e. The number of hydrogen-bond donors (Lipinski definition) is 1. The lowest BCUT2D eigenvalue weighted by atomic mass is 9.89. The number of anilines is 1. The Morgan fingerprint density at radius 1 is 1.03 bits per heavy atom. The first-order chi connectivity index (χ1) is 15.5. The lowest BCUT2D eigenvalue weighted by Crippen LogP contribution is -2.41. The molecule has 0 spiro atoms. The van der Waals surface area contributed by atoms with Gasteiger partial charge in [-0.05, 0) is 80.5 Å². The number of rotatable bonds is 9. The summed E-state index contributed by atoms with van der Waals surface area (Å²) >= 11 is 0. The number of nitrogens with zero attached hydrogens (tertiary/aromatic N) is 1. The molecule has 1 fully saturated rings. The van der Waals surface area contributed by atoms with E-state index in [-0.39, 0.29) is 5.97 Å². The van der Waals surface area contributed by atoms with Gasteiger partial charge in [0.05, 0.1) is 19.3 Å². The number of carbonyl (C=O) groups is 1. The van der Waals surface area contributed by atoms with Crippen LogP contribution in [0.5, 0.6) is 5.75 Å². The van der Waals surface area contributed by atoms with Crippen LogP contribution in [0.15, 0.2) is 36.4 Å². The topological polar surface area (TPSA) is 74.0 Å². The van der Waals surface area contributed by atoms with E-state index in [1.54, 1.807) is 7.11 Å². The highest BCUT2D eigenvalue weighted by molar-refractivity contribution is 5.95. The van der Waals surface area contributed by atoms with Crippen molar-refractivity contribution in [2.75, 3.05) is 38.9 Å². The highest BCUT2D eigenvalue weighted by Crippen LogP contribution is 2.35. The molecule has 1 aliphatic rings. The van der Waals surface area contributed by atoms with Crippen LogP contribution in [0.25, 0.3) is 11.1 Å². The zero-order valence-electron chi connectivity index (χ0n) is 19.7. The molecule has 1 saturated carbocycles. The van der Waals surface area contributed by atoms with E-state index in [9.17, 15) is 4.79 Å². The molecule has 0 unspecified atom stereocenters. The first kappa shape index (κ1) is 24.1. The summed E-state index contributed by atoms with van der Waals surface area (Å²) in [6.07, 6.45) is 4.21. The Balaban J connectivity index is 1.97. The highest BCUT2D eigenvalue weighted by atomic mass is 16.5. The van der Waals surface area contributed by atoms with E-state index in [4.69, 9.17) is 19.9 Å². The van der Waals surface area contributed by atoms with Gasteiger partial charge in [0.1, 0.15) is 12.4 Å². The summed E-state index contributed by atoms with van der Waals surface area (Å²) in [7, 11) is 3.09. The summed E-state index contributed by atoms with van der Waals surface area (Å²) < 4.78 is 15.8. The molecule has 0 saturated heterocycles. The quantitative estimate of drug-likeness (QED) is 0.455. The second-order valence-electron chi connectivity index (χ2n) is 8.38. The lowest BCUT2D eigenvalue weighted by molar-refractivity contribution is 0.0600. The molecule has 1 aliphatic carbocycles. The van der Waals surface area contributed by atoms with Gasteiger partial charge in [-0.15, -0.1) is 0 Å². The largest absolute Gasteiger partial charge is 0.491 e. The molecule has 2 N–H and O–H groups in total. The Morgan fingerprint density at radius 3 is 2.31 bits per heavy atom. The third-order valence-corrected chi connectivity index (χ3v) is 6.36. The van der Waals surface area contributed by atoms with E-state index < -0.39 is 0 Å². The first-order valence-electron chi connectivity index (χ1n) is 11.5. The number of benzene rings is 2. The number of hydrogen-bond acceptors (Lipinski definition) is 6. The fraction of sp³-hybridized carbons (Fsp3) is 0.500. The summed E-state index contributed by atoms with van der Waals surface area (Å²) in [5, 5.41) is 0. The van der Waals surface area contributed by atoms with E-state index in [1.165, 1.54) is 7.11 Å². The van der Waals surface area contributed by atoms with Gasteiger partial charge in [0.15, 0.2) is 0 Å². The minimum Gasteiger partial charge on any atom is -0.491 e. The summed E-state index contributed by atoms with van der Waals surface area (Å²) in [5.41, 5.74) is 10.8. The van der Waals surface area contributed by atoms with Gasteiger partial charge in [0.25, 0.3) is 0 Å². The fourth-order valence-electron chi connectivity index (χ4n) is 4.51. The standard InChI is InChI=1S/C26H36N2O4/c1-5-28(22-10-8-21(27)9-11-22)25-17-20(16-24(18(25)2)26(29)31-4)19-6-12-23(13-7-19)32-15-14-30-3/h6-7,12-13,16-17,21-22H,5,8-11,14-15,27H2,1-4H3/t21-,22-. The molecule has 0 heterocycles. The molecule has 32 heavy (non-hydrogen) atoms. The second-order valence-corrected chi connectivity index (χ2v) is 8.38. The molecule has 0 radical (unpaired) electrons. The third kappa shape index (κ3) is 5.61. The summed E-state index contributed by atoms with van der Waals surface area (Å²) in [5.74, 6) is 0.479. The Bertz CT molecular complexity index is 889. The molecule has 6 nitrogen and oxygen atoms in total. The molecular weight excluding hydrogens is 404 g/mol. The monoisotopic (exact) mass is 440 g/mol. The maximum atomic E-state index is 12.6. The van der Waals surface area contributed by atoms with Gasteiger partial charge in [-0.1, -0.05) is 12.1 Å². The molecule has 3 rings (SSSR count). The highest BCUT2D eigenvalue weighted by Gasteiger charge is 2.26. The van der Waals surface area contributed by atoms with Crippen LogP contribution in [0.1, 0.15) is 48.5 Å². The van der Waals surface area contributed by atoms with Crippen molar-refractivity contribution < 1.29 is 19.0 Å². The van der Waals surface area contributed by atoms with Crippen molar-refractivity contribution in [3.05, 3.63) is 47.5 Å². The number of nitrogens with two attached hydrogens (primary N) is 1. The normalized spacial score (nSPS) is 18.3. The first-order valence-corrected chi connectivity index (χ1v) is 11.5. The van der Waals surface area contributed by atoms with Crippen molar-refractivity contribution in [1.29, 1.82) is 0 Å². The van der Waals surface area contributed by atoms with Crippen LogP contribution in [0, 0.1) is 6.92 Å². The van der Waals surface area contributed by atoms with Gasteiger partial charge < -0.3 is 24.8 Å². The van der Waals surface area contributed by atoms with E-state index in [2.05, 4.69) is 17.9 Å². The summed E-state index contributed by atoms with van der Waals surface area (Å²) in [6.45, 7) is 6.11. The number of methoxy groups -OCH3 is 2. The van der Waals surface area contributed by atoms with Gasteiger partial charge in [-0.25, -0.2) is 4.79 Å². The number of ether oxygens (including phenoxy) is 3. The lowest BCUT2D eigenvalue weighted by Gasteiger charge is -2.38. The predicted octanol–water partition coefficient (Wildman–Crippen LogP) is 4.57. The van der Waals surface area contributed by atoms with Crippen LogP contribution in [0.3, 0.4) is 0 Å². The predicted molar refractivity (Wildman–Crippen MR) is 129 cm³/mol. The minimum atomic E-state index is -0.313.